The minimum absolute atomic E-state index is 0.0108. The molecule has 0 radical (unpaired) electrons. The average molecular weight is 294 g/mol. The van der Waals surface area contributed by atoms with E-state index in [1.807, 2.05) is 0 Å². The molecule has 7 heteroatoms. The van der Waals surface area contributed by atoms with Gasteiger partial charge in [-0.2, -0.15) is 0 Å². The van der Waals surface area contributed by atoms with E-state index in [-0.39, 0.29) is 15.1 Å². The highest BCUT2D eigenvalue weighted by Crippen LogP contribution is 2.26. The number of aromatic amines is 1. The topological polar surface area (TPSA) is 75.7 Å². The highest BCUT2D eigenvalue weighted by Gasteiger charge is 2.22. The third kappa shape index (κ3) is 1.98. The van der Waals surface area contributed by atoms with E-state index in [0.717, 1.165) is 0 Å². The van der Waals surface area contributed by atoms with Crippen LogP contribution in [0.2, 0.25) is 5.28 Å². The number of rotatable bonds is 2. The zero-order valence-electron chi connectivity index (χ0n) is 9.54. The number of fused-ring (bicyclic) bond motifs is 1. The Hall–Kier alpha value is -1.92. The summed E-state index contributed by atoms with van der Waals surface area (Å²) in [5.74, 6) is 0. The van der Waals surface area contributed by atoms with Gasteiger partial charge in [0.25, 0.3) is 0 Å². The van der Waals surface area contributed by atoms with Crippen LogP contribution in [-0.2, 0) is 9.84 Å². The number of hydrogen-bond acceptors (Lipinski definition) is 4. The molecule has 0 unspecified atom stereocenters. The van der Waals surface area contributed by atoms with E-state index in [4.69, 9.17) is 11.6 Å². The van der Waals surface area contributed by atoms with Crippen molar-refractivity contribution in [3.8, 4) is 0 Å². The van der Waals surface area contributed by atoms with Crippen molar-refractivity contribution in [1.29, 1.82) is 0 Å². The molecular formula is C12H8ClN3O2S. The number of sulfone groups is 1. The number of aromatic nitrogens is 3. The van der Waals surface area contributed by atoms with Gasteiger partial charge in [-0.05, 0) is 23.7 Å². The maximum atomic E-state index is 12.5. The van der Waals surface area contributed by atoms with Crippen LogP contribution in [0.3, 0.4) is 0 Å². The van der Waals surface area contributed by atoms with Gasteiger partial charge in [-0.25, -0.2) is 18.4 Å². The first-order valence-electron chi connectivity index (χ1n) is 5.39. The molecule has 3 rings (SSSR count). The van der Waals surface area contributed by atoms with Gasteiger partial charge in [-0.15, -0.1) is 0 Å². The first-order chi connectivity index (χ1) is 9.09. The third-order valence-electron chi connectivity index (χ3n) is 2.69. The molecule has 0 aliphatic carbocycles. The standard InChI is InChI=1S/C12H8ClN3O2S/c13-12-15-6-9-11(16-12)10(7-14-9)19(17,18)8-4-2-1-3-5-8/h1-7,14H. The summed E-state index contributed by atoms with van der Waals surface area (Å²) in [6, 6.07) is 8.18. The molecule has 0 saturated heterocycles. The molecule has 3 aromatic rings. The summed E-state index contributed by atoms with van der Waals surface area (Å²) in [7, 11) is -3.62. The van der Waals surface area contributed by atoms with E-state index in [1.165, 1.54) is 24.5 Å². The van der Waals surface area contributed by atoms with E-state index in [1.54, 1.807) is 18.2 Å². The van der Waals surface area contributed by atoms with E-state index < -0.39 is 9.84 Å². The van der Waals surface area contributed by atoms with Crippen LogP contribution in [0.25, 0.3) is 11.0 Å². The van der Waals surface area contributed by atoms with E-state index in [0.29, 0.717) is 11.0 Å². The van der Waals surface area contributed by atoms with Crippen LogP contribution in [0.15, 0.2) is 52.5 Å². The summed E-state index contributed by atoms with van der Waals surface area (Å²) >= 11 is 5.71. The highest BCUT2D eigenvalue weighted by atomic mass is 35.5. The molecule has 19 heavy (non-hydrogen) atoms. The van der Waals surface area contributed by atoms with Crippen LogP contribution in [0, 0.1) is 0 Å². The Kier molecular flexibility index (Phi) is 2.76. The van der Waals surface area contributed by atoms with Crippen molar-refractivity contribution in [2.45, 2.75) is 9.79 Å². The molecule has 96 valence electrons. The van der Waals surface area contributed by atoms with Gasteiger partial charge in [0, 0.05) is 6.20 Å². The molecule has 1 N–H and O–H groups in total. The van der Waals surface area contributed by atoms with Crippen molar-refractivity contribution in [2.75, 3.05) is 0 Å². The fourth-order valence-corrected chi connectivity index (χ4v) is 3.32. The summed E-state index contributed by atoms with van der Waals surface area (Å²) in [6.45, 7) is 0. The molecule has 0 aliphatic rings. The Morgan fingerprint density at radius 3 is 2.63 bits per heavy atom. The predicted octanol–water partition coefficient (Wildman–Crippen LogP) is 2.44. The Labute approximate surface area is 114 Å². The number of halogens is 1. The lowest BCUT2D eigenvalue weighted by molar-refractivity contribution is 0.597. The summed E-state index contributed by atoms with van der Waals surface area (Å²) in [5.41, 5.74) is 0.822. The van der Waals surface area contributed by atoms with Gasteiger partial charge < -0.3 is 4.98 Å². The normalized spacial score (nSPS) is 11.8. The van der Waals surface area contributed by atoms with Crippen molar-refractivity contribution in [3.63, 3.8) is 0 Å². The smallest absolute Gasteiger partial charge is 0.223 e. The highest BCUT2D eigenvalue weighted by molar-refractivity contribution is 7.91. The van der Waals surface area contributed by atoms with Crippen LogP contribution in [0.1, 0.15) is 0 Å². The van der Waals surface area contributed by atoms with Crippen LogP contribution in [0.5, 0.6) is 0 Å². The molecule has 0 saturated carbocycles. The summed E-state index contributed by atoms with van der Waals surface area (Å²) in [4.78, 5) is 10.9. The first-order valence-corrected chi connectivity index (χ1v) is 7.25. The van der Waals surface area contributed by atoms with E-state index >= 15 is 0 Å². The monoisotopic (exact) mass is 293 g/mol. The van der Waals surface area contributed by atoms with Crippen molar-refractivity contribution in [3.05, 3.63) is 48.0 Å². The van der Waals surface area contributed by atoms with Crippen LogP contribution >= 0.6 is 11.6 Å². The van der Waals surface area contributed by atoms with Crippen molar-refractivity contribution in [1.82, 2.24) is 15.0 Å². The molecule has 2 heterocycles. The molecule has 0 spiro atoms. The van der Waals surface area contributed by atoms with Gasteiger partial charge in [0.1, 0.15) is 10.4 Å². The van der Waals surface area contributed by atoms with Crippen LogP contribution < -0.4 is 0 Å². The molecule has 0 fully saturated rings. The van der Waals surface area contributed by atoms with Gasteiger partial charge >= 0.3 is 0 Å². The van der Waals surface area contributed by atoms with Gasteiger partial charge in [-0.1, -0.05) is 18.2 Å². The maximum Gasteiger partial charge on any atom is 0.223 e. The number of H-pyrrole nitrogens is 1. The van der Waals surface area contributed by atoms with E-state index in [2.05, 4.69) is 15.0 Å². The predicted molar refractivity (Wildman–Crippen MR) is 70.8 cm³/mol. The SMILES string of the molecule is O=S(=O)(c1ccccc1)c1c[nH]c2cnc(Cl)nc12. The van der Waals surface area contributed by atoms with Crippen LogP contribution in [-0.4, -0.2) is 23.4 Å². The zero-order chi connectivity index (χ0) is 13.5. The second kappa shape index (κ2) is 4.32. The lowest BCUT2D eigenvalue weighted by Gasteiger charge is -2.02. The van der Waals surface area contributed by atoms with Gasteiger partial charge in [0.05, 0.1) is 16.6 Å². The molecule has 1 aromatic carbocycles. The molecular weight excluding hydrogens is 286 g/mol. The fourth-order valence-electron chi connectivity index (χ4n) is 1.80. The van der Waals surface area contributed by atoms with E-state index in [9.17, 15) is 8.42 Å². The maximum absolute atomic E-state index is 12.5. The summed E-state index contributed by atoms with van der Waals surface area (Å²) in [6.07, 6.45) is 2.85. The first kappa shape index (κ1) is 12.1. The summed E-state index contributed by atoms with van der Waals surface area (Å²) in [5, 5.41) is 0.0108. The quantitative estimate of drug-likeness (QED) is 0.736. The second-order valence-corrected chi connectivity index (χ2v) is 6.13. The minimum atomic E-state index is -3.62. The number of hydrogen-bond donors (Lipinski definition) is 1. The Balaban J connectivity index is 2.28. The Bertz CT molecular complexity index is 844. The lowest BCUT2D eigenvalue weighted by atomic mass is 10.4. The molecule has 0 bridgehead atoms. The van der Waals surface area contributed by atoms with Crippen molar-refractivity contribution in [2.24, 2.45) is 0 Å². The molecule has 0 amide bonds. The van der Waals surface area contributed by atoms with Crippen molar-refractivity contribution >= 4 is 32.5 Å². The minimum Gasteiger partial charge on any atom is -0.357 e. The lowest BCUT2D eigenvalue weighted by Crippen LogP contribution is -2.01. The number of nitrogens with zero attached hydrogens (tertiary/aromatic N) is 2. The zero-order valence-corrected chi connectivity index (χ0v) is 11.1. The number of benzene rings is 1. The number of nitrogens with one attached hydrogen (secondary N) is 1. The molecule has 0 aliphatic heterocycles. The molecule has 5 nitrogen and oxygen atoms in total. The largest absolute Gasteiger partial charge is 0.357 e. The molecule has 2 aromatic heterocycles. The Morgan fingerprint density at radius 1 is 1.16 bits per heavy atom. The molecule has 0 atom stereocenters. The fraction of sp³-hybridized carbons (Fsp3) is 0. The average Bonchev–Trinajstić information content (AvgIpc) is 2.83. The Morgan fingerprint density at radius 2 is 1.89 bits per heavy atom. The van der Waals surface area contributed by atoms with Gasteiger partial charge in [0.15, 0.2) is 0 Å². The third-order valence-corrected chi connectivity index (χ3v) is 4.66. The van der Waals surface area contributed by atoms with Gasteiger partial charge in [-0.3, -0.25) is 0 Å². The summed E-state index contributed by atoms with van der Waals surface area (Å²) < 4.78 is 25.0. The van der Waals surface area contributed by atoms with Crippen molar-refractivity contribution < 1.29 is 8.42 Å². The van der Waals surface area contributed by atoms with Gasteiger partial charge in [0.2, 0.25) is 15.1 Å². The second-order valence-electron chi connectivity index (χ2n) is 3.87. The van der Waals surface area contributed by atoms with Crippen LogP contribution in [0.4, 0.5) is 0 Å².